The minimum absolute atomic E-state index is 0.242. The number of pyridine rings is 1. The summed E-state index contributed by atoms with van der Waals surface area (Å²) in [6.07, 6.45) is 3.89. The van der Waals surface area contributed by atoms with E-state index in [0.29, 0.717) is 11.2 Å². The van der Waals surface area contributed by atoms with Crippen LogP contribution in [0.15, 0.2) is 23.3 Å². The highest BCUT2D eigenvalue weighted by Gasteiger charge is 2.19. The van der Waals surface area contributed by atoms with E-state index in [9.17, 15) is 0 Å². The third-order valence-electron chi connectivity index (χ3n) is 2.56. The van der Waals surface area contributed by atoms with Crippen molar-refractivity contribution in [1.29, 1.82) is 0 Å². The van der Waals surface area contributed by atoms with Crippen molar-refractivity contribution in [1.82, 2.24) is 10.3 Å². The van der Waals surface area contributed by atoms with Crippen molar-refractivity contribution in [3.05, 3.63) is 29.0 Å². The quantitative estimate of drug-likeness (QED) is 0.803. The zero-order valence-electron chi connectivity index (χ0n) is 9.57. The van der Waals surface area contributed by atoms with Crippen molar-refractivity contribution in [3.8, 4) is 0 Å². The van der Waals surface area contributed by atoms with Crippen LogP contribution in [-0.4, -0.2) is 16.9 Å². The summed E-state index contributed by atoms with van der Waals surface area (Å²) >= 11 is 5.76. The number of nitrogens with zero attached hydrogens (tertiary/aromatic N) is 2. The van der Waals surface area contributed by atoms with Crippen LogP contribution >= 0.6 is 11.6 Å². The summed E-state index contributed by atoms with van der Waals surface area (Å²) in [5, 5.41) is 3.89. The molecule has 3 nitrogen and oxygen atoms in total. The Morgan fingerprint density at radius 1 is 1.44 bits per heavy atom. The fourth-order valence-corrected chi connectivity index (χ4v) is 1.97. The first-order chi connectivity index (χ1) is 7.65. The lowest BCUT2D eigenvalue weighted by atomic mass is 10.1. The molecule has 0 aliphatic carbocycles. The van der Waals surface area contributed by atoms with Gasteiger partial charge in [0.05, 0.1) is 11.9 Å². The van der Waals surface area contributed by atoms with Crippen LogP contribution in [0.4, 0.5) is 0 Å². The topological polar surface area (TPSA) is 37.3 Å². The van der Waals surface area contributed by atoms with E-state index in [2.05, 4.69) is 29.1 Å². The highest BCUT2D eigenvalue weighted by Crippen LogP contribution is 2.28. The van der Waals surface area contributed by atoms with Gasteiger partial charge >= 0.3 is 0 Å². The van der Waals surface area contributed by atoms with Crippen molar-refractivity contribution in [3.63, 3.8) is 0 Å². The Kier molecular flexibility index (Phi) is 3.44. The average Bonchev–Trinajstić information content (AvgIpc) is 2.66. The van der Waals surface area contributed by atoms with Gasteiger partial charge in [-0.15, -0.1) is 0 Å². The fraction of sp³-hybridized carbons (Fsp3) is 0.500. The van der Waals surface area contributed by atoms with Gasteiger partial charge in [-0.1, -0.05) is 17.7 Å². The third-order valence-corrected chi connectivity index (χ3v) is 2.78. The zero-order valence-corrected chi connectivity index (χ0v) is 10.3. The van der Waals surface area contributed by atoms with E-state index in [4.69, 9.17) is 11.6 Å². The summed E-state index contributed by atoms with van der Waals surface area (Å²) in [5.41, 5.74) is 1.14. The van der Waals surface area contributed by atoms with Crippen molar-refractivity contribution >= 4 is 17.4 Å². The molecule has 1 aromatic rings. The summed E-state index contributed by atoms with van der Waals surface area (Å²) in [4.78, 5) is 8.74. The second-order valence-electron chi connectivity index (χ2n) is 4.34. The molecule has 2 heterocycles. The first-order valence-corrected chi connectivity index (χ1v) is 5.97. The van der Waals surface area contributed by atoms with Crippen LogP contribution in [0.3, 0.4) is 0 Å². The molecule has 16 heavy (non-hydrogen) atoms. The van der Waals surface area contributed by atoms with Gasteiger partial charge in [-0.2, -0.15) is 0 Å². The highest BCUT2D eigenvalue weighted by molar-refractivity contribution is 6.29. The molecule has 4 heteroatoms. The predicted octanol–water partition coefficient (Wildman–Crippen LogP) is 2.97. The maximum Gasteiger partial charge on any atom is 0.129 e. The van der Waals surface area contributed by atoms with Crippen LogP contribution in [0.5, 0.6) is 0 Å². The smallest absolute Gasteiger partial charge is 0.129 e. The Balaban J connectivity index is 2.07. The molecule has 0 fully saturated rings. The number of nitrogens with one attached hydrogen (secondary N) is 1. The van der Waals surface area contributed by atoms with Crippen LogP contribution in [0.2, 0.25) is 5.15 Å². The first-order valence-electron chi connectivity index (χ1n) is 5.60. The van der Waals surface area contributed by atoms with E-state index in [1.807, 2.05) is 18.3 Å². The van der Waals surface area contributed by atoms with Gasteiger partial charge in [0.25, 0.3) is 0 Å². The molecule has 0 saturated carbocycles. The summed E-state index contributed by atoms with van der Waals surface area (Å²) in [6, 6.07) is 4.51. The number of halogens is 1. The van der Waals surface area contributed by atoms with E-state index in [1.54, 1.807) is 0 Å². The first kappa shape index (κ1) is 11.4. The van der Waals surface area contributed by atoms with Crippen molar-refractivity contribution in [2.75, 3.05) is 0 Å². The molecule has 86 valence electrons. The van der Waals surface area contributed by atoms with Crippen LogP contribution in [0, 0.1) is 0 Å². The lowest BCUT2D eigenvalue weighted by molar-refractivity contribution is 0.717. The van der Waals surface area contributed by atoms with Gasteiger partial charge < -0.3 is 5.32 Å². The summed E-state index contributed by atoms with van der Waals surface area (Å²) in [5.74, 6) is 1.11. The fourth-order valence-electron chi connectivity index (χ4n) is 1.86. The van der Waals surface area contributed by atoms with E-state index in [1.165, 1.54) is 0 Å². The van der Waals surface area contributed by atoms with E-state index in [-0.39, 0.29) is 6.04 Å². The number of amidine groups is 1. The molecule has 1 N–H and O–H groups in total. The number of hydrogen-bond donors (Lipinski definition) is 1. The van der Waals surface area contributed by atoms with Crippen molar-refractivity contribution in [2.24, 2.45) is 4.99 Å². The largest absolute Gasteiger partial charge is 0.372 e. The van der Waals surface area contributed by atoms with Crippen molar-refractivity contribution in [2.45, 2.75) is 38.8 Å². The number of hydrogen-bond acceptors (Lipinski definition) is 3. The molecule has 0 saturated heterocycles. The van der Waals surface area contributed by atoms with Gasteiger partial charge in [0.15, 0.2) is 0 Å². The van der Waals surface area contributed by atoms with E-state index in [0.717, 1.165) is 24.2 Å². The van der Waals surface area contributed by atoms with Crippen LogP contribution in [0.1, 0.15) is 38.3 Å². The summed E-state index contributed by atoms with van der Waals surface area (Å²) in [7, 11) is 0. The Morgan fingerprint density at radius 2 is 2.25 bits per heavy atom. The molecule has 0 radical (unpaired) electrons. The maximum absolute atomic E-state index is 5.76. The molecule has 0 aromatic carbocycles. The van der Waals surface area contributed by atoms with Crippen LogP contribution in [0.25, 0.3) is 0 Å². The van der Waals surface area contributed by atoms with Gasteiger partial charge in [-0.25, -0.2) is 4.98 Å². The molecule has 0 bridgehead atoms. The monoisotopic (exact) mass is 237 g/mol. The lowest BCUT2D eigenvalue weighted by Crippen LogP contribution is -2.28. The number of aliphatic imine (C=N–C) groups is 1. The maximum atomic E-state index is 5.76. The minimum Gasteiger partial charge on any atom is -0.372 e. The summed E-state index contributed by atoms with van der Waals surface area (Å²) in [6.45, 7) is 4.25. The van der Waals surface area contributed by atoms with Crippen molar-refractivity contribution < 1.29 is 0 Å². The molecule has 2 rings (SSSR count). The zero-order chi connectivity index (χ0) is 11.5. The number of aromatic nitrogens is 1. The van der Waals surface area contributed by atoms with Gasteiger partial charge in [-0.05, 0) is 31.9 Å². The molecule has 1 aliphatic rings. The van der Waals surface area contributed by atoms with Gasteiger partial charge in [0, 0.05) is 18.7 Å². The molecule has 0 spiro atoms. The lowest BCUT2D eigenvalue weighted by Gasteiger charge is -2.08. The minimum atomic E-state index is 0.242. The molecule has 1 atom stereocenters. The Labute approximate surface area is 101 Å². The Bertz CT molecular complexity index is 384. The Morgan fingerprint density at radius 3 is 2.88 bits per heavy atom. The van der Waals surface area contributed by atoms with Gasteiger partial charge in [0.1, 0.15) is 5.15 Å². The molecule has 1 aliphatic heterocycles. The second-order valence-corrected chi connectivity index (χ2v) is 4.73. The third kappa shape index (κ3) is 2.73. The van der Waals surface area contributed by atoms with E-state index >= 15 is 0 Å². The van der Waals surface area contributed by atoms with Crippen LogP contribution in [-0.2, 0) is 0 Å². The molecular formula is C12H16ClN3. The second kappa shape index (κ2) is 4.83. The molecule has 0 amide bonds. The van der Waals surface area contributed by atoms with E-state index < -0.39 is 0 Å². The van der Waals surface area contributed by atoms with Gasteiger partial charge in [0.2, 0.25) is 0 Å². The Hall–Kier alpha value is -1.09. The SMILES string of the molecule is CC(C)NC1=NC(c2ccc(Cl)nc2)CC1. The summed E-state index contributed by atoms with van der Waals surface area (Å²) < 4.78 is 0. The standard InChI is InChI=1S/C12H16ClN3/c1-8(2)15-12-6-4-10(16-12)9-3-5-11(13)14-7-9/h3,5,7-8,10H,4,6H2,1-2H3,(H,15,16). The predicted molar refractivity (Wildman–Crippen MR) is 66.9 cm³/mol. The van der Waals surface area contributed by atoms with Crippen LogP contribution < -0.4 is 5.32 Å². The molecular weight excluding hydrogens is 222 g/mol. The average molecular weight is 238 g/mol. The van der Waals surface area contributed by atoms with Gasteiger partial charge in [-0.3, -0.25) is 4.99 Å². The number of rotatable bonds is 2. The molecule has 1 aromatic heterocycles. The molecule has 1 unspecified atom stereocenters. The normalized spacial score (nSPS) is 20.0. The highest BCUT2D eigenvalue weighted by atomic mass is 35.5.